The maximum absolute atomic E-state index is 12.6. The molecule has 0 saturated heterocycles. The van der Waals surface area contributed by atoms with Crippen molar-refractivity contribution in [3.05, 3.63) is 97.5 Å². The molecule has 0 aliphatic carbocycles. The average Bonchev–Trinajstić information content (AvgIpc) is 2.82. The Morgan fingerprint density at radius 3 is 2.50 bits per heavy atom. The molecule has 0 aromatic heterocycles. The van der Waals surface area contributed by atoms with Crippen molar-refractivity contribution in [2.75, 3.05) is 12.4 Å². The second kappa shape index (κ2) is 11.2. The van der Waals surface area contributed by atoms with Crippen LogP contribution in [0.1, 0.15) is 11.1 Å². The fourth-order valence-electron chi connectivity index (χ4n) is 2.91. The lowest BCUT2D eigenvalue weighted by Crippen LogP contribution is -2.14. The van der Waals surface area contributed by atoms with Gasteiger partial charge in [-0.05, 0) is 35.9 Å². The van der Waals surface area contributed by atoms with Gasteiger partial charge in [0, 0.05) is 22.7 Å². The van der Waals surface area contributed by atoms with Crippen LogP contribution in [0.3, 0.4) is 0 Å². The lowest BCUT2D eigenvalue weighted by atomic mass is 10.1. The van der Waals surface area contributed by atoms with Crippen LogP contribution in [0.25, 0.3) is 6.08 Å². The van der Waals surface area contributed by atoms with E-state index < -0.39 is 10.8 Å². The Kier molecular flexibility index (Phi) is 8.09. The zero-order valence-electron chi connectivity index (χ0n) is 17.7. The Balaban J connectivity index is 1.77. The number of nitrogens with one attached hydrogen (secondary N) is 1. The van der Waals surface area contributed by atoms with Crippen LogP contribution in [0.15, 0.2) is 66.2 Å². The predicted molar refractivity (Wildman–Crippen MR) is 129 cm³/mol. The topological polar surface area (TPSA) is 114 Å². The molecule has 0 heterocycles. The number of nitro groups is 1. The highest BCUT2D eigenvalue weighted by atomic mass is 35.5. The molecule has 8 nitrogen and oxygen atoms in total. The highest BCUT2D eigenvalue weighted by molar-refractivity contribution is 6.32. The number of rotatable bonds is 8. The molecule has 0 radical (unpaired) electrons. The van der Waals surface area contributed by atoms with Crippen LogP contribution < -0.4 is 14.8 Å². The van der Waals surface area contributed by atoms with Gasteiger partial charge in [-0.1, -0.05) is 47.5 Å². The molecule has 172 valence electrons. The largest absolute Gasteiger partial charge is 0.495 e. The van der Waals surface area contributed by atoms with Crippen LogP contribution in [-0.2, 0) is 11.4 Å². The number of nitrogens with zero attached hydrogens (tertiary/aromatic N) is 2. The second-order valence-corrected chi connectivity index (χ2v) is 7.65. The molecule has 0 atom stereocenters. The number of non-ortho nitro benzene ring substituents is 1. The van der Waals surface area contributed by atoms with E-state index in [1.807, 2.05) is 24.3 Å². The number of amides is 1. The van der Waals surface area contributed by atoms with Crippen molar-refractivity contribution in [1.29, 1.82) is 5.26 Å². The Bertz CT molecular complexity index is 1320. The average molecular weight is 498 g/mol. The molecule has 0 aliphatic rings. The van der Waals surface area contributed by atoms with Crippen molar-refractivity contribution in [3.63, 3.8) is 0 Å². The van der Waals surface area contributed by atoms with Crippen LogP contribution in [0.5, 0.6) is 11.5 Å². The van der Waals surface area contributed by atoms with Gasteiger partial charge in [-0.3, -0.25) is 14.9 Å². The number of hydrogen-bond acceptors (Lipinski definition) is 6. The molecule has 0 fully saturated rings. The number of carbonyl (C=O) groups is 1. The molecule has 0 aliphatic heterocycles. The quantitative estimate of drug-likeness (QED) is 0.175. The number of benzene rings is 3. The van der Waals surface area contributed by atoms with Crippen molar-refractivity contribution in [2.24, 2.45) is 0 Å². The normalized spacial score (nSPS) is 10.8. The lowest BCUT2D eigenvalue weighted by Gasteiger charge is -2.11. The molecular formula is C24H17Cl2N3O5. The minimum Gasteiger partial charge on any atom is -0.495 e. The fourth-order valence-corrected chi connectivity index (χ4v) is 3.34. The maximum Gasteiger partial charge on any atom is 0.271 e. The molecule has 0 saturated carbocycles. The van der Waals surface area contributed by atoms with Gasteiger partial charge in [0.25, 0.3) is 11.6 Å². The van der Waals surface area contributed by atoms with Gasteiger partial charge in [0.1, 0.15) is 29.7 Å². The van der Waals surface area contributed by atoms with Gasteiger partial charge < -0.3 is 14.8 Å². The van der Waals surface area contributed by atoms with Gasteiger partial charge in [-0.2, -0.15) is 5.26 Å². The van der Waals surface area contributed by atoms with E-state index >= 15 is 0 Å². The van der Waals surface area contributed by atoms with Crippen LogP contribution in [0.2, 0.25) is 10.0 Å². The molecule has 0 bridgehead atoms. The van der Waals surface area contributed by atoms with Crippen molar-refractivity contribution >= 4 is 46.6 Å². The highest BCUT2D eigenvalue weighted by Gasteiger charge is 2.16. The summed E-state index contributed by atoms with van der Waals surface area (Å²) < 4.78 is 10.8. The van der Waals surface area contributed by atoms with E-state index in [9.17, 15) is 20.2 Å². The second-order valence-electron chi connectivity index (χ2n) is 6.84. The number of nitriles is 1. The number of hydrogen-bond donors (Lipinski definition) is 1. The summed E-state index contributed by atoms with van der Waals surface area (Å²) >= 11 is 12.4. The molecule has 1 N–H and O–H groups in total. The molecule has 3 rings (SSSR count). The van der Waals surface area contributed by atoms with Gasteiger partial charge in [-0.15, -0.1) is 0 Å². The van der Waals surface area contributed by atoms with Gasteiger partial charge in [0.05, 0.1) is 22.7 Å². The molecule has 1 amide bonds. The van der Waals surface area contributed by atoms with E-state index in [1.165, 1.54) is 25.3 Å². The van der Waals surface area contributed by atoms with Gasteiger partial charge in [0.15, 0.2) is 0 Å². The monoisotopic (exact) mass is 497 g/mol. The zero-order chi connectivity index (χ0) is 24.7. The molecule has 0 spiro atoms. The first-order chi connectivity index (χ1) is 16.3. The van der Waals surface area contributed by atoms with Crippen molar-refractivity contribution in [3.8, 4) is 17.6 Å². The smallest absolute Gasteiger partial charge is 0.271 e. The molecule has 10 heteroatoms. The Morgan fingerprint density at radius 2 is 1.85 bits per heavy atom. The lowest BCUT2D eigenvalue weighted by molar-refractivity contribution is -0.384. The number of ether oxygens (including phenoxy) is 2. The highest BCUT2D eigenvalue weighted by Crippen LogP contribution is 2.30. The SMILES string of the molecule is COc1ccc([N+](=O)[O-])cc1NC(=O)/C(C#N)=C/c1ccc(OCc2ccccc2Cl)c(Cl)c1. The summed E-state index contributed by atoms with van der Waals surface area (Å²) in [6, 6.07) is 17.6. The van der Waals surface area contributed by atoms with Crippen LogP contribution >= 0.6 is 23.2 Å². The van der Waals surface area contributed by atoms with Crippen LogP contribution in [-0.4, -0.2) is 17.9 Å². The zero-order valence-corrected chi connectivity index (χ0v) is 19.3. The molecular weight excluding hydrogens is 481 g/mol. The van der Waals surface area contributed by atoms with Crippen molar-refractivity contribution in [1.82, 2.24) is 0 Å². The molecule has 0 unspecified atom stereocenters. The molecule has 34 heavy (non-hydrogen) atoms. The minimum atomic E-state index is -0.767. The summed E-state index contributed by atoms with van der Waals surface area (Å²) in [6.45, 7) is 0.214. The van der Waals surface area contributed by atoms with E-state index in [4.69, 9.17) is 32.7 Å². The maximum atomic E-state index is 12.6. The third kappa shape index (κ3) is 6.04. The third-order valence-corrected chi connectivity index (χ3v) is 5.28. The van der Waals surface area contributed by atoms with Gasteiger partial charge >= 0.3 is 0 Å². The van der Waals surface area contributed by atoms with Crippen LogP contribution in [0.4, 0.5) is 11.4 Å². The predicted octanol–water partition coefficient (Wildman–Crippen LogP) is 6.03. The summed E-state index contributed by atoms with van der Waals surface area (Å²) in [6.07, 6.45) is 1.34. The number of halogens is 2. The van der Waals surface area contributed by atoms with Gasteiger partial charge in [0.2, 0.25) is 0 Å². The number of methoxy groups -OCH3 is 1. The molecule has 3 aromatic rings. The standard InChI is InChI=1S/C24H17Cl2N3O5/c1-33-23-9-7-18(29(31)32)12-21(23)28-24(30)17(13-27)10-15-6-8-22(20(26)11-15)34-14-16-4-2-3-5-19(16)25/h2-12H,14H2,1H3,(H,28,30)/b17-10+. The van der Waals surface area contributed by atoms with Gasteiger partial charge in [-0.25, -0.2) is 0 Å². The van der Waals surface area contributed by atoms with Crippen LogP contribution in [0, 0.1) is 21.4 Å². The van der Waals surface area contributed by atoms with Crippen molar-refractivity contribution in [2.45, 2.75) is 6.61 Å². The summed E-state index contributed by atoms with van der Waals surface area (Å²) in [4.78, 5) is 23.1. The van der Waals surface area contributed by atoms with E-state index in [0.717, 1.165) is 11.6 Å². The number of carbonyl (C=O) groups excluding carboxylic acids is 1. The first-order valence-corrected chi connectivity index (χ1v) is 10.5. The third-order valence-electron chi connectivity index (χ3n) is 4.62. The van der Waals surface area contributed by atoms with E-state index in [2.05, 4.69) is 5.32 Å². The van der Waals surface area contributed by atoms with E-state index in [-0.39, 0.29) is 34.3 Å². The summed E-state index contributed by atoms with van der Waals surface area (Å²) in [7, 11) is 1.36. The Labute approximate surface area is 205 Å². The Hall–Kier alpha value is -4.06. The fraction of sp³-hybridized carbons (Fsp3) is 0.0833. The first-order valence-electron chi connectivity index (χ1n) is 9.73. The van der Waals surface area contributed by atoms with Crippen molar-refractivity contribution < 1.29 is 19.2 Å². The summed E-state index contributed by atoms with van der Waals surface area (Å²) in [5.41, 5.74) is 0.855. The minimum absolute atomic E-state index is 0.0594. The Morgan fingerprint density at radius 1 is 1.12 bits per heavy atom. The van der Waals surface area contributed by atoms with E-state index in [1.54, 1.807) is 24.3 Å². The number of nitro benzene ring substituents is 1. The van der Waals surface area contributed by atoms with E-state index in [0.29, 0.717) is 16.3 Å². The first kappa shape index (κ1) is 24.6. The molecule has 3 aromatic carbocycles. The summed E-state index contributed by atoms with van der Waals surface area (Å²) in [5, 5.41) is 23.8. The summed E-state index contributed by atoms with van der Waals surface area (Å²) in [5.74, 6) is -0.154. The number of anilines is 1.